The van der Waals surface area contributed by atoms with Gasteiger partial charge in [0.25, 0.3) is 0 Å². The fraction of sp³-hybridized carbons (Fsp3) is 0. The van der Waals surface area contributed by atoms with E-state index in [-0.39, 0.29) is 0 Å². The van der Waals surface area contributed by atoms with E-state index in [0.29, 0.717) is 0 Å². The van der Waals surface area contributed by atoms with Crippen LogP contribution in [0.2, 0.25) is 0 Å². The van der Waals surface area contributed by atoms with Gasteiger partial charge in [0.1, 0.15) is 0 Å². The Morgan fingerprint density at radius 3 is 1.62 bits per heavy atom. The molecule has 0 fully saturated rings. The molecule has 0 aliphatic rings. The number of aromatic nitrogens is 1. The van der Waals surface area contributed by atoms with E-state index in [9.17, 15) is 0 Å². The summed E-state index contributed by atoms with van der Waals surface area (Å²) in [5.74, 6) is 0. The maximum atomic E-state index is 7.50. The standard InChI is InChI=1S/C5H5N.CO/c1-2-4-6-5-3-1;1-2/h1-5H;. The minimum absolute atomic E-state index is 1.75. The van der Waals surface area contributed by atoms with E-state index < -0.39 is 0 Å². The van der Waals surface area contributed by atoms with Gasteiger partial charge in [0, 0.05) is 12.4 Å². The van der Waals surface area contributed by atoms with E-state index in [1.165, 1.54) is 0 Å². The molecular weight excluding hydrogens is 102 g/mol. The predicted molar refractivity (Wildman–Crippen MR) is 28.2 cm³/mol. The van der Waals surface area contributed by atoms with Crippen molar-refractivity contribution in [1.82, 2.24) is 4.98 Å². The monoisotopic (exact) mass is 107 g/mol. The molecule has 2 heteroatoms. The zero-order valence-electron chi connectivity index (χ0n) is 4.24. The molecule has 0 spiro atoms. The summed E-state index contributed by atoms with van der Waals surface area (Å²) >= 11 is 0. The van der Waals surface area contributed by atoms with Crippen molar-refractivity contribution in [2.24, 2.45) is 0 Å². The Kier molecular flexibility index (Phi) is 5.07. The maximum Gasteiger partial charge on any atom is 0.0267 e. The van der Waals surface area contributed by atoms with Gasteiger partial charge in [-0.15, -0.1) is 0 Å². The summed E-state index contributed by atoms with van der Waals surface area (Å²) in [5.41, 5.74) is 0. The summed E-state index contributed by atoms with van der Waals surface area (Å²) < 4.78 is 7.50. The van der Waals surface area contributed by atoms with Crippen LogP contribution in [0, 0.1) is 6.65 Å². The molecule has 0 aromatic carbocycles. The minimum atomic E-state index is 1.75. The Morgan fingerprint density at radius 1 is 1.00 bits per heavy atom. The first-order valence-corrected chi connectivity index (χ1v) is 2.05. The fourth-order valence-electron chi connectivity index (χ4n) is 0.313. The first kappa shape index (κ1) is 6.89. The molecule has 8 heavy (non-hydrogen) atoms. The van der Waals surface area contributed by atoms with Crippen LogP contribution in [0.4, 0.5) is 0 Å². The molecule has 1 heterocycles. The van der Waals surface area contributed by atoms with Gasteiger partial charge in [-0.25, -0.2) is 0 Å². The molecular formula is C6H5NO. The largest absolute Gasteiger partial charge is 0.265 e. The zero-order valence-corrected chi connectivity index (χ0v) is 4.24. The molecule has 0 N–H and O–H groups in total. The van der Waals surface area contributed by atoms with Crippen LogP contribution < -0.4 is 0 Å². The second kappa shape index (κ2) is 5.89. The minimum Gasteiger partial charge on any atom is -0.265 e. The number of rotatable bonds is 0. The Balaban J connectivity index is 0.000000222. The SMILES string of the molecule is [C-]#[O+].c1ccncc1. The number of hydrogen-bond donors (Lipinski definition) is 0. The van der Waals surface area contributed by atoms with Crippen LogP contribution in [0.3, 0.4) is 0 Å². The molecule has 1 aromatic heterocycles. The average Bonchev–Trinajstić information content (AvgIpc) is 1.96. The average molecular weight is 107 g/mol. The third-order valence-corrected chi connectivity index (χ3v) is 0.566. The summed E-state index contributed by atoms with van der Waals surface area (Å²) in [5, 5.41) is 0. The molecule has 0 saturated carbocycles. The smallest absolute Gasteiger partial charge is 0.0267 e. The summed E-state index contributed by atoms with van der Waals surface area (Å²) in [6.07, 6.45) is 3.50. The predicted octanol–water partition coefficient (Wildman–Crippen LogP) is 1.04. The van der Waals surface area contributed by atoms with E-state index in [2.05, 4.69) is 11.6 Å². The van der Waals surface area contributed by atoms with Crippen molar-refractivity contribution in [2.45, 2.75) is 0 Å². The second-order valence-electron chi connectivity index (χ2n) is 1.02. The molecule has 0 atom stereocenters. The summed E-state index contributed by atoms with van der Waals surface area (Å²) in [7, 11) is 0. The maximum absolute atomic E-state index is 7.50. The van der Waals surface area contributed by atoms with Crippen molar-refractivity contribution >= 4 is 0 Å². The first-order valence-electron chi connectivity index (χ1n) is 2.05. The Labute approximate surface area is 47.9 Å². The van der Waals surface area contributed by atoms with Crippen molar-refractivity contribution in [2.75, 3.05) is 0 Å². The van der Waals surface area contributed by atoms with Gasteiger partial charge < -0.3 is 0 Å². The van der Waals surface area contributed by atoms with Crippen LogP contribution in [-0.2, 0) is 4.65 Å². The van der Waals surface area contributed by atoms with Gasteiger partial charge in [-0.05, 0) is 12.1 Å². The Hall–Kier alpha value is -1.11. The van der Waals surface area contributed by atoms with Crippen molar-refractivity contribution in [3.05, 3.63) is 37.2 Å². The molecule has 2 nitrogen and oxygen atoms in total. The molecule has 1 aromatic rings. The normalized spacial score (nSPS) is 6.25. The first-order chi connectivity index (χ1) is 4.00. The number of hydrogen-bond acceptors (Lipinski definition) is 1. The fourth-order valence-corrected chi connectivity index (χ4v) is 0.313. The summed E-state index contributed by atoms with van der Waals surface area (Å²) in [4.78, 5) is 3.78. The quantitative estimate of drug-likeness (QED) is 0.360. The topological polar surface area (TPSA) is 32.8 Å². The molecule has 0 unspecified atom stereocenters. The summed E-state index contributed by atoms with van der Waals surface area (Å²) in [6, 6.07) is 5.72. The third-order valence-electron chi connectivity index (χ3n) is 0.566. The van der Waals surface area contributed by atoms with Crippen LogP contribution in [0.25, 0.3) is 0 Å². The molecule has 0 bridgehead atoms. The van der Waals surface area contributed by atoms with E-state index in [1.807, 2.05) is 18.2 Å². The van der Waals surface area contributed by atoms with Crippen molar-refractivity contribution < 1.29 is 4.65 Å². The van der Waals surface area contributed by atoms with Crippen molar-refractivity contribution in [3.63, 3.8) is 0 Å². The van der Waals surface area contributed by atoms with E-state index in [1.54, 1.807) is 12.4 Å². The van der Waals surface area contributed by atoms with Crippen molar-refractivity contribution in [1.29, 1.82) is 0 Å². The molecule has 1 rings (SSSR count). The molecule has 0 radical (unpaired) electrons. The number of nitrogens with zero attached hydrogens (tertiary/aromatic N) is 1. The Morgan fingerprint density at radius 2 is 1.50 bits per heavy atom. The van der Waals surface area contributed by atoms with E-state index in [0.717, 1.165) is 0 Å². The van der Waals surface area contributed by atoms with Gasteiger partial charge in [0.15, 0.2) is 0 Å². The van der Waals surface area contributed by atoms with Gasteiger partial charge in [-0.1, -0.05) is 6.07 Å². The van der Waals surface area contributed by atoms with Crippen LogP contribution in [0.1, 0.15) is 0 Å². The van der Waals surface area contributed by atoms with Crippen molar-refractivity contribution in [3.8, 4) is 0 Å². The third kappa shape index (κ3) is 3.09. The molecule has 0 aliphatic heterocycles. The van der Waals surface area contributed by atoms with Gasteiger partial charge in [0.05, 0.1) is 0 Å². The Bertz CT molecular complexity index is 109. The van der Waals surface area contributed by atoms with Gasteiger partial charge >= 0.3 is 11.3 Å². The van der Waals surface area contributed by atoms with E-state index in [4.69, 9.17) is 4.65 Å². The molecule has 0 saturated heterocycles. The van der Waals surface area contributed by atoms with Gasteiger partial charge in [0.2, 0.25) is 0 Å². The van der Waals surface area contributed by atoms with E-state index >= 15 is 0 Å². The molecule has 0 amide bonds. The zero-order chi connectivity index (χ0) is 6.24. The van der Waals surface area contributed by atoms with Crippen LogP contribution >= 0.6 is 0 Å². The van der Waals surface area contributed by atoms with Crippen LogP contribution in [-0.4, -0.2) is 4.98 Å². The second-order valence-corrected chi connectivity index (χ2v) is 1.02. The molecule has 0 aliphatic carbocycles. The molecule has 40 valence electrons. The van der Waals surface area contributed by atoms with Crippen LogP contribution in [0.5, 0.6) is 0 Å². The summed E-state index contributed by atoms with van der Waals surface area (Å²) in [6.45, 7) is 4.50. The van der Waals surface area contributed by atoms with Crippen LogP contribution in [0.15, 0.2) is 30.6 Å². The van der Waals surface area contributed by atoms with Gasteiger partial charge in [-0.3, -0.25) is 4.98 Å². The van der Waals surface area contributed by atoms with Gasteiger partial charge in [-0.2, -0.15) is 0 Å². The number of pyridine rings is 1.